The second-order valence-electron chi connectivity index (χ2n) is 3.19. The van der Waals surface area contributed by atoms with Crippen molar-refractivity contribution in [2.75, 3.05) is 20.6 Å². The molecule has 1 nitrogen and oxygen atoms in total. The van der Waals surface area contributed by atoms with Crippen LogP contribution in [0.5, 0.6) is 0 Å². The topological polar surface area (TPSA) is 3.24 Å². The van der Waals surface area contributed by atoms with Gasteiger partial charge in [-0.3, -0.25) is 0 Å². The lowest BCUT2D eigenvalue weighted by Crippen LogP contribution is -2.17. The molecule has 0 N–H and O–H groups in total. The number of thiol groups is 1. The lowest BCUT2D eigenvalue weighted by Gasteiger charge is -2.16. The van der Waals surface area contributed by atoms with Gasteiger partial charge in [0.15, 0.2) is 0 Å². The minimum atomic E-state index is 0.321. The van der Waals surface area contributed by atoms with Crippen molar-refractivity contribution in [2.45, 2.75) is 5.25 Å². The van der Waals surface area contributed by atoms with E-state index in [0.29, 0.717) is 5.25 Å². The van der Waals surface area contributed by atoms with Crippen molar-refractivity contribution >= 4 is 12.6 Å². The zero-order valence-electron chi connectivity index (χ0n) is 7.57. The normalized spacial score (nSPS) is 13.3. The number of rotatable bonds is 3. The fraction of sp³-hybridized carbons (Fsp3) is 0.400. The molecule has 0 aliphatic carbocycles. The predicted octanol–water partition coefficient (Wildman–Crippen LogP) is 2.22. The molecule has 1 unspecified atom stereocenters. The fourth-order valence-corrected chi connectivity index (χ4v) is 1.63. The molecule has 66 valence electrons. The average molecular weight is 181 g/mol. The van der Waals surface area contributed by atoms with Crippen LogP contribution in [0, 0.1) is 0 Å². The Bertz CT molecular complexity index is 221. The van der Waals surface area contributed by atoms with E-state index < -0.39 is 0 Å². The summed E-state index contributed by atoms with van der Waals surface area (Å²) in [4.78, 5) is 2.14. The van der Waals surface area contributed by atoms with E-state index in [9.17, 15) is 0 Å². The van der Waals surface area contributed by atoms with E-state index in [1.807, 2.05) is 18.2 Å². The largest absolute Gasteiger partial charge is 0.308 e. The van der Waals surface area contributed by atoms with Gasteiger partial charge in [0.05, 0.1) is 0 Å². The van der Waals surface area contributed by atoms with Crippen LogP contribution in [0.1, 0.15) is 10.8 Å². The molecule has 0 saturated carbocycles. The second-order valence-corrected chi connectivity index (χ2v) is 3.81. The third-order valence-corrected chi connectivity index (χ3v) is 2.18. The van der Waals surface area contributed by atoms with Crippen molar-refractivity contribution in [1.29, 1.82) is 0 Å². The Kier molecular flexibility index (Phi) is 3.63. The first-order chi connectivity index (χ1) is 5.70. The summed E-state index contributed by atoms with van der Waals surface area (Å²) in [6, 6.07) is 10.4. The molecule has 0 aliphatic rings. The number of benzene rings is 1. The Hall–Kier alpha value is -0.470. The Morgan fingerprint density at radius 3 is 2.33 bits per heavy atom. The van der Waals surface area contributed by atoms with Crippen LogP contribution in [0.15, 0.2) is 30.3 Å². The minimum Gasteiger partial charge on any atom is -0.308 e. The molecule has 0 bridgehead atoms. The summed E-state index contributed by atoms with van der Waals surface area (Å²) in [6.07, 6.45) is 0. The summed E-state index contributed by atoms with van der Waals surface area (Å²) in [6.45, 7) is 0.979. The number of likely N-dealkylation sites (N-methyl/N-ethyl adjacent to an activating group) is 1. The molecule has 0 saturated heterocycles. The van der Waals surface area contributed by atoms with Crippen LogP contribution in [0.25, 0.3) is 0 Å². The summed E-state index contributed by atoms with van der Waals surface area (Å²) in [5, 5.41) is 0.321. The maximum atomic E-state index is 4.52. The molecule has 1 aromatic carbocycles. The van der Waals surface area contributed by atoms with Gasteiger partial charge in [0.2, 0.25) is 0 Å². The maximum Gasteiger partial charge on any atom is 0.0394 e. The van der Waals surface area contributed by atoms with Gasteiger partial charge in [0.25, 0.3) is 0 Å². The second kappa shape index (κ2) is 4.53. The SMILES string of the molecule is CN(C)CC(S)c1ccccc1. The van der Waals surface area contributed by atoms with Gasteiger partial charge in [-0.25, -0.2) is 0 Å². The van der Waals surface area contributed by atoms with Crippen molar-refractivity contribution in [1.82, 2.24) is 4.90 Å². The van der Waals surface area contributed by atoms with Crippen molar-refractivity contribution in [3.63, 3.8) is 0 Å². The summed E-state index contributed by atoms with van der Waals surface area (Å²) in [5.74, 6) is 0. The van der Waals surface area contributed by atoms with E-state index in [0.717, 1.165) is 6.54 Å². The third kappa shape index (κ3) is 2.88. The van der Waals surface area contributed by atoms with E-state index >= 15 is 0 Å². The molecule has 0 spiro atoms. The molecule has 1 aromatic rings. The van der Waals surface area contributed by atoms with Gasteiger partial charge in [0.1, 0.15) is 0 Å². The predicted molar refractivity (Wildman–Crippen MR) is 56.7 cm³/mol. The first kappa shape index (κ1) is 9.62. The molecule has 1 atom stereocenters. The van der Waals surface area contributed by atoms with Crippen LogP contribution in [0.4, 0.5) is 0 Å². The molecule has 0 aromatic heterocycles. The van der Waals surface area contributed by atoms with Gasteiger partial charge >= 0.3 is 0 Å². The van der Waals surface area contributed by atoms with Crippen LogP contribution in [0.3, 0.4) is 0 Å². The van der Waals surface area contributed by atoms with Gasteiger partial charge < -0.3 is 4.90 Å². The lowest BCUT2D eigenvalue weighted by molar-refractivity contribution is 0.411. The zero-order valence-corrected chi connectivity index (χ0v) is 8.46. The standard InChI is InChI=1S/C10H15NS/c1-11(2)8-10(12)9-6-4-3-5-7-9/h3-7,10,12H,8H2,1-2H3. The molecule has 0 amide bonds. The Labute approximate surface area is 79.8 Å². The molecular weight excluding hydrogens is 166 g/mol. The molecule has 0 aliphatic heterocycles. The average Bonchev–Trinajstić information content (AvgIpc) is 2.05. The van der Waals surface area contributed by atoms with Gasteiger partial charge in [-0.05, 0) is 19.7 Å². The summed E-state index contributed by atoms with van der Waals surface area (Å²) >= 11 is 4.52. The monoisotopic (exact) mass is 181 g/mol. The highest BCUT2D eigenvalue weighted by Crippen LogP contribution is 2.19. The van der Waals surface area contributed by atoms with Crippen LogP contribution in [-0.2, 0) is 0 Å². The van der Waals surface area contributed by atoms with Crippen molar-refractivity contribution in [3.8, 4) is 0 Å². The minimum absolute atomic E-state index is 0.321. The summed E-state index contributed by atoms with van der Waals surface area (Å²) in [5.41, 5.74) is 1.29. The van der Waals surface area contributed by atoms with E-state index in [-0.39, 0.29) is 0 Å². The lowest BCUT2D eigenvalue weighted by atomic mass is 10.1. The number of nitrogens with zero attached hydrogens (tertiary/aromatic N) is 1. The molecular formula is C10H15NS. The van der Waals surface area contributed by atoms with Crippen LogP contribution < -0.4 is 0 Å². The Morgan fingerprint density at radius 1 is 1.25 bits per heavy atom. The van der Waals surface area contributed by atoms with Gasteiger partial charge in [0, 0.05) is 11.8 Å². The first-order valence-corrected chi connectivity index (χ1v) is 4.59. The molecule has 1 rings (SSSR count). The smallest absolute Gasteiger partial charge is 0.0394 e. The molecule has 0 radical (unpaired) electrons. The molecule has 2 heteroatoms. The molecule has 0 fully saturated rings. The number of hydrogen-bond acceptors (Lipinski definition) is 2. The fourth-order valence-electron chi connectivity index (χ4n) is 1.13. The molecule has 12 heavy (non-hydrogen) atoms. The summed E-state index contributed by atoms with van der Waals surface area (Å²) < 4.78 is 0. The zero-order chi connectivity index (χ0) is 8.97. The van der Waals surface area contributed by atoms with Gasteiger partial charge in [-0.2, -0.15) is 12.6 Å². The van der Waals surface area contributed by atoms with E-state index in [1.165, 1.54) is 5.56 Å². The summed E-state index contributed by atoms with van der Waals surface area (Å²) in [7, 11) is 4.12. The van der Waals surface area contributed by atoms with Gasteiger partial charge in [-0.15, -0.1) is 0 Å². The third-order valence-electron chi connectivity index (χ3n) is 1.72. The highest BCUT2D eigenvalue weighted by Gasteiger charge is 2.05. The highest BCUT2D eigenvalue weighted by molar-refractivity contribution is 7.80. The van der Waals surface area contributed by atoms with Gasteiger partial charge in [-0.1, -0.05) is 30.3 Å². The van der Waals surface area contributed by atoms with E-state index in [2.05, 4.69) is 43.8 Å². The maximum absolute atomic E-state index is 4.52. The number of hydrogen-bond donors (Lipinski definition) is 1. The quantitative estimate of drug-likeness (QED) is 0.700. The van der Waals surface area contributed by atoms with Crippen molar-refractivity contribution in [2.24, 2.45) is 0 Å². The van der Waals surface area contributed by atoms with Crippen LogP contribution >= 0.6 is 12.6 Å². The highest BCUT2D eigenvalue weighted by atomic mass is 32.1. The Morgan fingerprint density at radius 2 is 1.83 bits per heavy atom. The first-order valence-electron chi connectivity index (χ1n) is 4.08. The van der Waals surface area contributed by atoms with Crippen molar-refractivity contribution in [3.05, 3.63) is 35.9 Å². The van der Waals surface area contributed by atoms with E-state index in [1.54, 1.807) is 0 Å². The van der Waals surface area contributed by atoms with Crippen LogP contribution in [-0.4, -0.2) is 25.5 Å². The molecule has 0 heterocycles. The Balaban J connectivity index is 2.59. The van der Waals surface area contributed by atoms with E-state index in [4.69, 9.17) is 0 Å². The van der Waals surface area contributed by atoms with Crippen molar-refractivity contribution < 1.29 is 0 Å². The van der Waals surface area contributed by atoms with Crippen LogP contribution in [0.2, 0.25) is 0 Å².